The highest BCUT2D eigenvalue weighted by atomic mass is 32.2. The number of benzene rings is 3. The zero-order valence-electron chi connectivity index (χ0n) is 19.6. The number of aromatic nitrogens is 2. The number of hydrogen-bond acceptors (Lipinski definition) is 10. The number of thiazole rings is 1. The molecule has 0 saturated heterocycles. The van der Waals surface area contributed by atoms with Crippen LogP contribution in [0.4, 0.5) is 15.8 Å². The molecule has 198 valence electrons. The molecule has 0 aliphatic heterocycles. The van der Waals surface area contributed by atoms with E-state index in [4.69, 9.17) is 4.42 Å². The highest BCUT2D eigenvalue weighted by molar-refractivity contribution is 7.93. The summed E-state index contributed by atoms with van der Waals surface area (Å²) in [6.45, 7) is 0. The third-order valence-corrected chi connectivity index (χ3v) is 9.03. The van der Waals surface area contributed by atoms with Crippen molar-refractivity contribution in [2.45, 2.75) is 9.79 Å². The molecule has 2 heterocycles. The summed E-state index contributed by atoms with van der Waals surface area (Å²) in [5, 5.41) is 10.3. The van der Waals surface area contributed by atoms with E-state index in [0.717, 1.165) is 11.8 Å². The molecular weight excluding hydrogens is 566 g/mol. The van der Waals surface area contributed by atoms with E-state index in [2.05, 4.69) is 19.4 Å². The second-order valence-corrected chi connectivity index (χ2v) is 12.3. The van der Waals surface area contributed by atoms with Gasteiger partial charge in [0.25, 0.3) is 20.0 Å². The van der Waals surface area contributed by atoms with Gasteiger partial charge in [0.2, 0.25) is 11.0 Å². The minimum absolute atomic E-state index is 0.0233. The molecular formula is C24H17N5O7S3. The van der Waals surface area contributed by atoms with Gasteiger partial charge in [-0.05, 0) is 59.9 Å². The Morgan fingerprint density at radius 1 is 0.744 bits per heavy atom. The molecule has 0 aliphatic carbocycles. The Morgan fingerprint density at radius 2 is 1.36 bits per heavy atom. The average molecular weight is 584 g/mol. The topological polar surface area (TPSA) is 174 Å². The lowest BCUT2D eigenvalue weighted by Crippen LogP contribution is -2.14. The minimum atomic E-state index is -4.10. The number of nitro groups is 1. The summed E-state index contributed by atoms with van der Waals surface area (Å²) < 4.78 is 61.2. The van der Waals surface area contributed by atoms with Crippen molar-refractivity contribution in [2.24, 2.45) is 0 Å². The average Bonchev–Trinajstić information content (AvgIpc) is 3.60. The largest absolute Gasteiger partial charge is 0.436 e. The SMILES string of the molecule is O=[N+]([O-])c1cnc(NS(=O)(=O)c2ccc(NS(=O)(=O)c3ccc(-c4ncc(-c5ccccc5)o4)cc3)cc2)s1. The summed E-state index contributed by atoms with van der Waals surface area (Å²) in [5.74, 6) is 0.918. The Hall–Kier alpha value is -4.60. The minimum Gasteiger partial charge on any atom is -0.436 e. The van der Waals surface area contributed by atoms with Gasteiger partial charge in [0.15, 0.2) is 5.76 Å². The lowest BCUT2D eigenvalue weighted by molar-refractivity contribution is -0.380. The second kappa shape index (κ2) is 10.3. The lowest BCUT2D eigenvalue weighted by atomic mass is 10.2. The smallest absolute Gasteiger partial charge is 0.345 e. The van der Waals surface area contributed by atoms with Crippen molar-refractivity contribution in [2.75, 3.05) is 9.44 Å². The molecule has 5 aromatic rings. The number of sulfonamides is 2. The third-order valence-electron chi connectivity index (χ3n) is 5.29. The van der Waals surface area contributed by atoms with Crippen LogP contribution >= 0.6 is 11.3 Å². The quantitative estimate of drug-likeness (QED) is 0.179. The second-order valence-electron chi connectivity index (χ2n) is 7.92. The molecule has 5 rings (SSSR count). The van der Waals surface area contributed by atoms with Crippen LogP contribution < -0.4 is 9.44 Å². The van der Waals surface area contributed by atoms with E-state index in [1.54, 1.807) is 18.3 Å². The Bertz CT molecular complexity index is 1850. The molecule has 0 amide bonds. The van der Waals surface area contributed by atoms with Gasteiger partial charge in [-0.25, -0.2) is 26.8 Å². The predicted molar refractivity (Wildman–Crippen MR) is 144 cm³/mol. The van der Waals surface area contributed by atoms with Crippen LogP contribution in [0.1, 0.15) is 0 Å². The van der Waals surface area contributed by atoms with Crippen LogP contribution in [0.3, 0.4) is 0 Å². The maximum Gasteiger partial charge on any atom is 0.345 e. The molecule has 0 radical (unpaired) electrons. The summed E-state index contributed by atoms with van der Waals surface area (Å²) in [6, 6.07) is 20.3. The van der Waals surface area contributed by atoms with Crippen molar-refractivity contribution < 1.29 is 26.2 Å². The number of nitrogens with zero attached hydrogens (tertiary/aromatic N) is 3. The summed E-state index contributed by atoms with van der Waals surface area (Å²) in [7, 11) is -8.09. The van der Waals surface area contributed by atoms with Crippen molar-refractivity contribution in [3.05, 3.63) is 101 Å². The summed E-state index contributed by atoms with van der Waals surface area (Å²) in [4.78, 5) is 17.8. The fourth-order valence-electron chi connectivity index (χ4n) is 3.41. The number of hydrogen-bond donors (Lipinski definition) is 2. The Kier molecular flexibility index (Phi) is 6.86. The molecule has 0 bridgehead atoms. The Labute approximate surface area is 226 Å². The number of rotatable bonds is 9. The van der Waals surface area contributed by atoms with E-state index in [1.165, 1.54) is 36.4 Å². The van der Waals surface area contributed by atoms with E-state index in [1.807, 2.05) is 30.3 Å². The van der Waals surface area contributed by atoms with Gasteiger partial charge in [-0.1, -0.05) is 30.3 Å². The third kappa shape index (κ3) is 5.79. The van der Waals surface area contributed by atoms with Crippen molar-refractivity contribution in [1.29, 1.82) is 0 Å². The summed E-state index contributed by atoms with van der Waals surface area (Å²) in [5.41, 5.74) is 1.58. The highest BCUT2D eigenvalue weighted by Crippen LogP contribution is 2.29. The molecule has 39 heavy (non-hydrogen) atoms. The molecule has 0 unspecified atom stereocenters. The van der Waals surface area contributed by atoms with E-state index in [0.29, 0.717) is 28.6 Å². The lowest BCUT2D eigenvalue weighted by Gasteiger charge is -2.10. The molecule has 15 heteroatoms. The number of nitrogens with one attached hydrogen (secondary N) is 2. The molecule has 12 nitrogen and oxygen atoms in total. The van der Waals surface area contributed by atoms with E-state index < -0.39 is 25.0 Å². The van der Waals surface area contributed by atoms with Crippen LogP contribution in [0, 0.1) is 10.1 Å². The van der Waals surface area contributed by atoms with Crippen LogP contribution in [0.2, 0.25) is 0 Å². The van der Waals surface area contributed by atoms with Gasteiger partial charge in [0.1, 0.15) is 6.20 Å². The first-order valence-electron chi connectivity index (χ1n) is 11.0. The Balaban J connectivity index is 1.27. The van der Waals surface area contributed by atoms with Crippen molar-refractivity contribution in [1.82, 2.24) is 9.97 Å². The maximum atomic E-state index is 12.9. The first-order chi connectivity index (χ1) is 18.6. The van der Waals surface area contributed by atoms with Gasteiger partial charge in [-0.3, -0.25) is 19.6 Å². The van der Waals surface area contributed by atoms with Crippen LogP contribution in [0.15, 0.2) is 105 Å². The molecule has 3 aromatic carbocycles. The predicted octanol–water partition coefficient (Wildman–Crippen LogP) is 4.97. The van der Waals surface area contributed by atoms with Crippen molar-refractivity contribution in [3.63, 3.8) is 0 Å². The standard InChI is InChI=1S/C24H17N5O7S3/c30-29(31)22-15-26-24(37-22)28-39(34,35)20-12-8-18(9-13-20)27-38(32,33)19-10-6-17(7-11-19)23-25-14-21(36-23)16-4-2-1-3-5-16/h1-15,27H,(H,26,28). The van der Waals surface area contributed by atoms with E-state index in [9.17, 15) is 26.9 Å². The summed E-state index contributed by atoms with van der Waals surface area (Å²) in [6.07, 6.45) is 2.54. The fourth-order valence-corrected chi connectivity index (χ4v) is 6.34. The zero-order valence-corrected chi connectivity index (χ0v) is 22.0. The fraction of sp³-hybridized carbons (Fsp3) is 0. The number of oxazole rings is 1. The van der Waals surface area contributed by atoms with Crippen LogP contribution in [-0.2, 0) is 20.0 Å². The molecule has 2 aromatic heterocycles. The van der Waals surface area contributed by atoms with Gasteiger partial charge < -0.3 is 4.42 Å². The van der Waals surface area contributed by atoms with Gasteiger partial charge in [0, 0.05) is 16.8 Å². The van der Waals surface area contributed by atoms with Gasteiger partial charge in [0.05, 0.1) is 20.9 Å². The van der Waals surface area contributed by atoms with E-state index >= 15 is 0 Å². The Morgan fingerprint density at radius 3 is 1.97 bits per heavy atom. The zero-order chi connectivity index (χ0) is 27.6. The van der Waals surface area contributed by atoms with Gasteiger partial charge in [-0.15, -0.1) is 0 Å². The summed E-state index contributed by atoms with van der Waals surface area (Å²) >= 11 is 0.569. The number of anilines is 2. The normalized spacial score (nSPS) is 11.7. The molecule has 0 spiro atoms. The highest BCUT2D eigenvalue weighted by Gasteiger charge is 2.20. The van der Waals surface area contributed by atoms with Crippen molar-refractivity contribution in [3.8, 4) is 22.8 Å². The van der Waals surface area contributed by atoms with E-state index in [-0.39, 0.29) is 25.6 Å². The van der Waals surface area contributed by atoms with Crippen LogP contribution in [-0.4, -0.2) is 31.7 Å². The molecule has 0 aliphatic rings. The van der Waals surface area contributed by atoms with Gasteiger partial charge >= 0.3 is 5.00 Å². The van der Waals surface area contributed by atoms with Crippen LogP contribution in [0.25, 0.3) is 22.8 Å². The van der Waals surface area contributed by atoms with Gasteiger partial charge in [-0.2, -0.15) is 0 Å². The molecule has 0 saturated carbocycles. The first-order valence-corrected chi connectivity index (χ1v) is 14.8. The molecule has 0 fully saturated rings. The van der Waals surface area contributed by atoms with Crippen molar-refractivity contribution >= 4 is 47.2 Å². The monoisotopic (exact) mass is 583 g/mol. The van der Waals surface area contributed by atoms with Crippen LogP contribution in [0.5, 0.6) is 0 Å². The first kappa shape index (κ1) is 26.0. The maximum absolute atomic E-state index is 12.9. The molecule has 0 atom stereocenters. The molecule has 2 N–H and O–H groups in total.